The van der Waals surface area contributed by atoms with Crippen molar-refractivity contribution in [1.82, 2.24) is 15.7 Å². The smallest absolute Gasteiger partial charge is 0.348 e. The molecule has 1 aliphatic carbocycles. The van der Waals surface area contributed by atoms with Gasteiger partial charge in [-0.25, -0.2) is 9.59 Å². The summed E-state index contributed by atoms with van der Waals surface area (Å²) in [6, 6.07) is 23.9. The van der Waals surface area contributed by atoms with Crippen molar-refractivity contribution in [2.75, 3.05) is 19.8 Å². The fourth-order valence-electron chi connectivity index (χ4n) is 9.57. The molecule has 17 heteroatoms. The third-order valence-corrected chi connectivity index (χ3v) is 12.7. The van der Waals surface area contributed by atoms with Crippen LogP contribution >= 0.6 is 0 Å². The molecule has 356 valence electrons. The molecule has 5 aliphatic rings. The van der Waals surface area contributed by atoms with Crippen LogP contribution in [0.15, 0.2) is 91.0 Å². The predicted molar refractivity (Wildman–Crippen MR) is 236 cm³/mol. The van der Waals surface area contributed by atoms with Crippen molar-refractivity contribution in [3.8, 4) is 0 Å². The number of esters is 4. The zero-order chi connectivity index (χ0) is 47.7. The minimum absolute atomic E-state index is 0.000793. The number of aliphatic hydroxyl groups excluding tert-OH is 1. The maximum atomic E-state index is 14.9. The molecule has 8 atom stereocenters. The van der Waals surface area contributed by atoms with E-state index in [2.05, 4.69) is 10.6 Å². The summed E-state index contributed by atoms with van der Waals surface area (Å²) in [5.41, 5.74) is -0.311. The first-order chi connectivity index (χ1) is 31.9. The topological polar surface area (TPSA) is 215 Å². The summed E-state index contributed by atoms with van der Waals surface area (Å²) in [5.74, 6) is -4.97. The number of rotatable bonds is 16. The quantitative estimate of drug-likeness (QED) is 0.106. The molecule has 0 unspecified atom stereocenters. The van der Waals surface area contributed by atoms with Gasteiger partial charge in [0, 0.05) is 48.4 Å². The molecule has 4 aliphatic heterocycles. The third kappa shape index (κ3) is 9.74. The van der Waals surface area contributed by atoms with E-state index in [4.69, 9.17) is 33.3 Å². The first-order valence-corrected chi connectivity index (χ1v) is 22.6. The SMILES string of the molecule is CC(C)(C)OC(=O)CC[C@@H](CO)NC(=O)CCNC(=O)[C@@]12C[C@H]3OC(=O)[C@@H]1N(Cc1cccc(C=CC(=O)O[C@H]4C(=O)OCC4(C)C)c1)O[C@@H]2[C@H]1OC(c2ccccc2)(c2ccccc2)O[C@H]13. The average Bonchev–Trinajstić information content (AvgIpc) is 3.95. The number of nitrogens with one attached hydrogen (secondary N) is 2. The normalized spacial score (nSPS) is 27.4. The summed E-state index contributed by atoms with van der Waals surface area (Å²) in [5, 5.41) is 17.0. The number of cyclic esters (lactones) is 1. The Morgan fingerprint density at radius 2 is 1.60 bits per heavy atom. The Balaban J connectivity index is 1.04. The molecule has 3 aromatic carbocycles. The summed E-state index contributed by atoms with van der Waals surface area (Å²) < 4.78 is 36.0. The summed E-state index contributed by atoms with van der Waals surface area (Å²) in [6.07, 6.45) is -2.10. The molecule has 2 amide bonds. The van der Waals surface area contributed by atoms with Gasteiger partial charge in [0.15, 0.2) is 6.04 Å². The van der Waals surface area contributed by atoms with Crippen LogP contribution in [0.4, 0.5) is 0 Å². The van der Waals surface area contributed by atoms with Gasteiger partial charge in [-0.05, 0) is 44.4 Å². The Morgan fingerprint density at radius 1 is 0.910 bits per heavy atom. The molecule has 2 bridgehead atoms. The van der Waals surface area contributed by atoms with E-state index in [0.29, 0.717) is 22.3 Å². The van der Waals surface area contributed by atoms with Gasteiger partial charge < -0.3 is 44.2 Å². The standard InChI is InChI=1S/C50H57N3O14/c1-47(2,3)64-38(57)22-20-34(28-54)52-36(55)23-24-51-46(60)49-26-35-39-40(66-50(65-39,32-15-8-6-9-16-32)33-17-10-7-11-18-33)42(49)67-53(41(49)44(58)62-35)27-31-14-12-13-30(25-31)19-21-37(56)63-43-45(59)61-29-48(43,4)5/h6-19,21,25,34-35,39-43,54H,20,22-24,26-29H2,1-5H3,(H,51,60)(H,52,55)/t34-,35+,39-,40-,41-,42+,43-,49-/m0/s1. The van der Waals surface area contributed by atoms with Crippen molar-refractivity contribution in [3.05, 3.63) is 113 Å². The van der Waals surface area contributed by atoms with Crippen molar-refractivity contribution < 1.29 is 67.1 Å². The Kier molecular flexibility index (Phi) is 13.4. The van der Waals surface area contributed by atoms with E-state index in [1.54, 1.807) is 65.0 Å². The van der Waals surface area contributed by atoms with Gasteiger partial charge in [0.2, 0.25) is 23.7 Å². The van der Waals surface area contributed by atoms with E-state index >= 15 is 0 Å². The van der Waals surface area contributed by atoms with Crippen molar-refractivity contribution in [2.45, 2.75) is 121 Å². The van der Waals surface area contributed by atoms with E-state index in [-0.39, 0.29) is 45.4 Å². The zero-order valence-electron chi connectivity index (χ0n) is 38.1. The molecule has 0 aromatic heterocycles. The van der Waals surface area contributed by atoms with Crippen molar-refractivity contribution in [1.29, 1.82) is 0 Å². The van der Waals surface area contributed by atoms with Crippen LogP contribution < -0.4 is 10.6 Å². The lowest BCUT2D eigenvalue weighted by Gasteiger charge is -2.48. The number of benzene rings is 3. The molecule has 5 fully saturated rings. The first-order valence-electron chi connectivity index (χ1n) is 22.6. The van der Waals surface area contributed by atoms with Crippen LogP contribution in [0.2, 0.25) is 0 Å². The molecular formula is C50H57N3O14. The predicted octanol–water partition coefficient (Wildman–Crippen LogP) is 3.79. The number of ether oxygens (including phenoxy) is 6. The second-order valence-electron chi connectivity index (χ2n) is 19.3. The Bertz CT molecular complexity index is 2350. The molecule has 8 rings (SSSR count). The molecule has 4 heterocycles. The summed E-state index contributed by atoms with van der Waals surface area (Å²) >= 11 is 0. The van der Waals surface area contributed by atoms with Gasteiger partial charge in [-0.3, -0.25) is 24.0 Å². The Labute approximate surface area is 388 Å². The molecular weight excluding hydrogens is 867 g/mol. The molecule has 67 heavy (non-hydrogen) atoms. The number of aliphatic hydroxyl groups is 1. The highest BCUT2D eigenvalue weighted by Crippen LogP contribution is 2.59. The Morgan fingerprint density at radius 3 is 2.24 bits per heavy atom. The van der Waals surface area contributed by atoms with Gasteiger partial charge in [-0.1, -0.05) is 98.8 Å². The molecule has 0 spiro atoms. The van der Waals surface area contributed by atoms with Gasteiger partial charge in [0.1, 0.15) is 42.0 Å². The fraction of sp³-hybridized carbons (Fsp3) is 0.480. The van der Waals surface area contributed by atoms with E-state index in [1.165, 1.54) is 11.1 Å². The number of amides is 2. The summed E-state index contributed by atoms with van der Waals surface area (Å²) in [4.78, 5) is 86.6. The van der Waals surface area contributed by atoms with Gasteiger partial charge >= 0.3 is 23.9 Å². The third-order valence-electron chi connectivity index (χ3n) is 12.7. The van der Waals surface area contributed by atoms with Gasteiger partial charge in [-0.15, -0.1) is 0 Å². The summed E-state index contributed by atoms with van der Waals surface area (Å²) in [7, 11) is 0. The van der Waals surface area contributed by atoms with Crippen LogP contribution in [-0.2, 0) is 74.4 Å². The maximum absolute atomic E-state index is 14.9. The lowest BCUT2D eigenvalue weighted by atomic mass is 9.62. The number of nitrogens with zero attached hydrogens (tertiary/aromatic N) is 1. The van der Waals surface area contributed by atoms with E-state index in [0.717, 1.165) is 0 Å². The van der Waals surface area contributed by atoms with Crippen LogP contribution in [0.1, 0.15) is 82.6 Å². The summed E-state index contributed by atoms with van der Waals surface area (Å²) in [6.45, 7) is 8.40. The lowest BCUT2D eigenvalue weighted by molar-refractivity contribution is -0.213. The molecule has 0 radical (unpaired) electrons. The van der Waals surface area contributed by atoms with Gasteiger partial charge in [0.05, 0.1) is 19.2 Å². The van der Waals surface area contributed by atoms with Crippen LogP contribution in [0.3, 0.4) is 0 Å². The monoisotopic (exact) mass is 923 g/mol. The van der Waals surface area contributed by atoms with Crippen molar-refractivity contribution in [3.63, 3.8) is 0 Å². The molecule has 4 saturated heterocycles. The van der Waals surface area contributed by atoms with Crippen LogP contribution in [-0.4, -0.2) is 114 Å². The van der Waals surface area contributed by atoms with Crippen molar-refractivity contribution >= 4 is 41.8 Å². The lowest BCUT2D eigenvalue weighted by Crippen LogP contribution is -2.69. The molecule has 3 aromatic rings. The second kappa shape index (κ2) is 19.0. The molecule has 1 saturated carbocycles. The van der Waals surface area contributed by atoms with Gasteiger partial charge in [-0.2, -0.15) is 5.06 Å². The fourth-order valence-corrected chi connectivity index (χ4v) is 9.57. The highest BCUT2D eigenvalue weighted by Gasteiger charge is 2.76. The number of hydrogen-bond acceptors (Lipinski definition) is 15. The average molecular weight is 924 g/mol. The van der Waals surface area contributed by atoms with E-state index < -0.39 is 107 Å². The van der Waals surface area contributed by atoms with E-state index in [1.807, 2.05) is 60.7 Å². The molecule has 17 nitrogen and oxygen atoms in total. The zero-order valence-corrected chi connectivity index (χ0v) is 38.1. The van der Waals surface area contributed by atoms with Crippen LogP contribution in [0, 0.1) is 10.8 Å². The number of carbonyl (C=O) groups is 6. The Hall–Kier alpha value is -5.98. The maximum Gasteiger partial charge on any atom is 0.348 e. The first kappa shape index (κ1) is 47.5. The van der Waals surface area contributed by atoms with Crippen LogP contribution in [0.5, 0.6) is 0 Å². The highest BCUT2D eigenvalue weighted by atomic mass is 16.8. The molecule has 3 N–H and O–H groups in total. The minimum Gasteiger partial charge on any atom is -0.462 e. The number of carbonyl (C=O) groups excluding carboxylic acids is 6. The van der Waals surface area contributed by atoms with Crippen LogP contribution in [0.25, 0.3) is 6.08 Å². The second-order valence-corrected chi connectivity index (χ2v) is 19.3. The number of fused-ring (bicyclic) bond motifs is 4. The minimum atomic E-state index is -1.58. The highest BCUT2D eigenvalue weighted by molar-refractivity contribution is 5.94. The number of hydrogen-bond donors (Lipinski definition) is 3. The van der Waals surface area contributed by atoms with Crippen molar-refractivity contribution in [2.24, 2.45) is 10.8 Å². The largest absolute Gasteiger partial charge is 0.462 e. The number of hydroxylamine groups is 2. The van der Waals surface area contributed by atoms with Gasteiger partial charge in [0.25, 0.3) is 0 Å². The van der Waals surface area contributed by atoms with E-state index in [9.17, 15) is 33.9 Å².